The Morgan fingerprint density at radius 2 is 1.95 bits per heavy atom. The summed E-state index contributed by atoms with van der Waals surface area (Å²) in [7, 11) is 2.17. The highest BCUT2D eigenvalue weighted by Gasteiger charge is 2.18. The van der Waals surface area contributed by atoms with Gasteiger partial charge in [0.1, 0.15) is 17.5 Å². The largest absolute Gasteiger partial charge is 0.370 e. The second-order valence-corrected chi connectivity index (χ2v) is 6.24. The van der Waals surface area contributed by atoms with Gasteiger partial charge < -0.3 is 10.2 Å². The van der Waals surface area contributed by atoms with Gasteiger partial charge in [-0.1, -0.05) is 26.7 Å². The lowest BCUT2D eigenvalue weighted by atomic mass is 10.1. The number of anilines is 2. The summed E-state index contributed by atoms with van der Waals surface area (Å²) in [6.07, 6.45) is 8.69. The first-order valence-electron chi connectivity index (χ1n) is 8.55. The predicted molar refractivity (Wildman–Crippen MR) is 90.0 cm³/mol. The zero-order valence-electron chi connectivity index (χ0n) is 13.9. The van der Waals surface area contributed by atoms with Crippen LogP contribution >= 0.6 is 0 Å². The Morgan fingerprint density at radius 1 is 1.19 bits per heavy atom. The van der Waals surface area contributed by atoms with Crippen LogP contribution in [0, 0.1) is 5.92 Å². The van der Waals surface area contributed by atoms with Gasteiger partial charge in [0.05, 0.1) is 0 Å². The fourth-order valence-corrected chi connectivity index (χ4v) is 3.03. The van der Waals surface area contributed by atoms with E-state index in [1.165, 1.54) is 25.7 Å². The Hall–Kier alpha value is -1.32. The summed E-state index contributed by atoms with van der Waals surface area (Å²) in [5.41, 5.74) is 0. The van der Waals surface area contributed by atoms with Gasteiger partial charge in [0.25, 0.3) is 0 Å². The Labute approximate surface area is 129 Å². The third kappa shape index (κ3) is 4.87. The molecule has 1 saturated carbocycles. The van der Waals surface area contributed by atoms with Crippen molar-refractivity contribution in [3.63, 3.8) is 0 Å². The number of aryl methyl sites for hydroxylation is 1. The molecule has 0 radical (unpaired) electrons. The van der Waals surface area contributed by atoms with Gasteiger partial charge in [-0.15, -0.1) is 0 Å². The summed E-state index contributed by atoms with van der Waals surface area (Å²) in [4.78, 5) is 11.7. The maximum absolute atomic E-state index is 4.75. The topological polar surface area (TPSA) is 41.0 Å². The van der Waals surface area contributed by atoms with Crippen LogP contribution in [0.25, 0.3) is 0 Å². The minimum atomic E-state index is 0.839. The third-order valence-corrected chi connectivity index (χ3v) is 4.19. The van der Waals surface area contributed by atoms with E-state index in [-0.39, 0.29) is 0 Å². The molecule has 2 rings (SSSR count). The van der Waals surface area contributed by atoms with E-state index in [1.807, 2.05) is 0 Å². The number of nitrogens with one attached hydrogen (secondary N) is 1. The summed E-state index contributed by atoms with van der Waals surface area (Å²) < 4.78 is 0. The first kappa shape index (κ1) is 16.1. The van der Waals surface area contributed by atoms with E-state index in [2.05, 4.69) is 42.2 Å². The lowest BCUT2D eigenvalue weighted by Crippen LogP contribution is -2.25. The van der Waals surface area contributed by atoms with Crippen LogP contribution in [0.2, 0.25) is 0 Å². The number of nitrogens with zero attached hydrogens (tertiary/aromatic N) is 3. The molecule has 4 heteroatoms. The average Bonchev–Trinajstić information content (AvgIpc) is 2.98. The molecule has 1 fully saturated rings. The molecule has 1 aliphatic rings. The molecule has 0 unspecified atom stereocenters. The van der Waals surface area contributed by atoms with Gasteiger partial charge in [-0.25, -0.2) is 9.97 Å². The van der Waals surface area contributed by atoms with E-state index >= 15 is 0 Å². The van der Waals surface area contributed by atoms with Crippen molar-refractivity contribution in [1.82, 2.24) is 9.97 Å². The molecule has 0 bridgehead atoms. The first-order chi connectivity index (χ1) is 10.2. The molecule has 21 heavy (non-hydrogen) atoms. The highest BCUT2D eigenvalue weighted by molar-refractivity contribution is 5.49. The van der Waals surface area contributed by atoms with Crippen molar-refractivity contribution in [3.05, 3.63) is 11.9 Å². The van der Waals surface area contributed by atoms with Crippen molar-refractivity contribution < 1.29 is 0 Å². The molecule has 1 aromatic rings. The fraction of sp³-hybridized carbons (Fsp3) is 0.765. The van der Waals surface area contributed by atoms with E-state index in [0.717, 1.165) is 55.7 Å². The second-order valence-electron chi connectivity index (χ2n) is 6.24. The highest BCUT2D eigenvalue weighted by Crippen LogP contribution is 2.27. The fourth-order valence-electron chi connectivity index (χ4n) is 3.03. The zero-order chi connectivity index (χ0) is 15.1. The van der Waals surface area contributed by atoms with Crippen molar-refractivity contribution in [2.75, 3.05) is 30.4 Å². The maximum atomic E-state index is 4.75. The molecular weight excluding hydrogens is 260 g/mol. The van der Waals surface area contributed by atoms with Gasteiger partial charge in [-0.2, -0.15) is 0 Å². The smallest absolute Gasteiger partial charge is 0.134 e. The average molecular weight is 290 g/mol. The van der Waals surface area contributed by atoms with E-state index in [4.69, 9.17) is 4.98 Å². The third-order valence-electron chi connectivity index (χ3n) is 4.19. The van der Waals surface area contributed by atoms with Crippen LogP contribution in [0.1, 0.15) is 58.2 Å². The lowest BCUT2D eigenvalue weighted by Gasteiger charge is -2.23. The molecule has 1 aromatic heterocycles. The van der Waals surface area contributed by atoms with Gasteiger partial charge in [-0.05, 0) is 31.6 Å². The van der Waals surface area contributed by atoms with E-state index in [1.54, 1.807) is 0 Å². The Bertz CT molecular complexity index is 427. The molecule has 1 heterocycles. The summed E-state index contributed by atoms with van der Waals surface area (Å²) in [6, 6.07) is 2.10. The summed E-state index contributed by atoms with van der Waals surface area (Å²) in [5, 5.41) is 3.40. The van der Waals surface area contributed by atoms with Crippen molar-refractivity contribution in [2.45, 2.75) is 58.8 Å². The van der Waals surface area contributed by atoms with Gasteiger partial charge >= 0.3 is 0 Å². The number of hydrogen-bond acceptors (Lipinski definition) is 4. The zero-order valence-corrected chi connectivity index (χ0v) is 13.9. The quantitative estimate of drug-likeness (QED) is 0.789. The standard InChI is InChI=1S/C17H30N4/c1-4-8-15-19-16(18-11-5-2)12-17(20-15)21(3)13-14-9-6-7-10-14/h12,14H,4-11,13H2,1-3H3,(H,18,19,20). The molecule has 1 N–H and O–H groups in total. The van der Waals surface area contributed by atoms with Gasteiger partial charge in [-0.3, -0.25) is 0 Å². The SMILES string of the molecule is CCCNc1cc(N(C)CC2CCCC2)nc(CCC)n1. The monoisotopic (exact) mass is 290 g/mol. The van der Waals surface area contributed by atoms with Crippen molar-refractivity contribution in [3.8, 4) is 0 Å². The molecular formula is C17H30N4. The van der Waals surface area contributed by atoms with Crippen LogP contribution in [0.15, 0.2) is 6.07 Å². The Morgan fingerprint density at radius 3 is 2.62 bits per heavy atom. The normalized spacial score (nSPS) is 15.4. The van der Waals surface area contributed by atoms with Crippen LogP contribution < -0.4 is 10.2 Å². The van der Waals surface area contributed by atoms with Crippen LogP contribution in [0.4, 0.5) is 11.6 Å². The van der Waals surface area contributed by atoms with Crippen molar-refractivity contribution in [1.29, 1.82) is 0 Å². The predicted octanol–water partition coefficient (Wildman–Crippen LogP) is 3.88. The molecule has 0 spiro atoms. The van der Waals surface area contributed by atoms with Crippen LogP contribution in [0.5, 0.6) is 0 Å². The summed E-state index contributed by atoms with van der Waals surface area (Å²) in [5.74, 6) is 3.85. The molecule has 118 valence electrons. The Balaban J connectivity index is 2.09. The van der Waals surface area contributed by atoms with Gasteiger partial charge in [0, 0.05) is 32.6 Å². The number of hydrogen-bond donors (Lipinski definition) is 1. The molecule has 0 saturated heterocycles. The summed E-state index contributed by atoms with van der Waals surface area (Å²) >= 11 is 0. The van der Waals surface area contributed by atoms with Gasteiger partial charge in [0.2, 0.25) is 0 Å². The minimum Gasteiger partial charge on any atom is -0.370 e. The molecule has 0 atom stereocenters. The van der Waals surface area contributed by atoms with E-state index in [0.29, 0.717) is 0 Å². The molecule has 0 aromatic carbocycles. The van der Waals surface area contributed by atoms with E-state index in [9.17, 15) is 0 Å². The van der Waals surface area contributed by atoms with Crippen LogP contribution in [-0.2, 0) is 6.42 Å². The Kier molecular flexibility index (Phi) is 6.27. The number of rotatable bonds is 8. The molecule has 0 aliphatic heterocycles. The second kappa shape index (κ2) is 8.20. The summed E-state index contributed by atoms with van der Waals surface area (Å²) in [6.45, 7) is 6.44. The highest BCUT2D eigenvalue weighted by atomic mass is 15.2. The first-order valence-corrected chi connectivity index (χ1v) is 8.55. The molecule has 4 nitrogen and oxygen atoms in total. The van der Waals surface area contributed by atoms with Crippen LogP contribution in [0.3, 0.4) is 0 Å². The molecule has 0 amide bonds. The lowest BCUT2D eigenvalue weighted by molar-refractivity contribution is 0.544. The minimum absolute atomic E-state index is 0.839. The van der Waals surface area contributed by atoms with Crippen molar-refractivity contribution in [2.24, 2.45) is 5.92 Å². The van der Waals surface area contributed by atoms with Gasteiger partial charge in [0.15, 0.2) is 0 Å². The van der Waals surface area contributed by atoms with Crippen molar-refractivity contribution >= 4 is 11.6 Å². The molecule has 1 aliphatic carbocycles. The maximum Gasteiger partial charge on any atom is 0.134 e. The van der Waals surface area contributed by atoms with Crippen LogP contribution in [-0.4, -0.2) is 30.1 Å². The number of aromatic nitrogens is 2. The van der Waals surface area contributed by atoms with E-state index < -0.39 is 0 Å².